The Morgan fingerprint density at radius 1 is 0.800 bits per heavy atom. The monoisotopic (exact) mass is 1180 g/mol. The zero-order valence-corrected chi connectivity index (χ0v) is 37.8. The Hall–Kier alpha value is -1.69. The topological polar surface area (TPSA) is 109 Å². The van der Waals surface area contributed by atoms with E-state index in [1.807, 2.05) is 58.7 Å². The molecule has 2 aromatic carbocycles. The summed E-state index contributed by atoms with van der Waals surface area (Å²) < 4.78 is 9.22. The van der Waals surface area contributed by atoms with Crippen molar-refractivity contribution in [3.8, 4) is 0 Å². The number of hydrogen-bond donors (Lipinski definition) is 3. The van der Waals surface area contributed by atoms with E-state index in [-0.39, 0.29) is 54.0 Å². The number of methoxy groups -OCH3 is 2. The van der Waals surface area contributed by atoms with E-state index in [4.69, 9.17) is 4.74 Å². The molecule has 2 amide bonds. The Labute approximate surface area is 320 Å². The normalized spacial score (nSPS) is 10.6. The minimum atomic E-state index is -0.602. The van der Waals surface area contributed by atoms with Crippen LogP contribution in [0, 0.1) is 39.8 Å². The van der Waals surface area contributed by atoms with Gasteiger partial charge in [0, 0.05) is 103 Å². The Morgan fingerprint density at radius 3 is 1.64 bits per heavy atom. The molecule has 0 saturated carbocycles. The maximum Gasteiger partial charge on any atom is 0.411 e. The fraction of sp³-hybridized carbons (Fsp3) is 0.344. The molecule has 9 nitrogen and oxygen atoms in total. The molecular formula is C32H42I2N4O5W2-2. The number of carbonyl (C=O) groups is 3. The summed E-state index contributed by atoms with van der Waals surface area (Å²) >= 11 is 4.24. The first-order chi connectivity index (χ1) is 20.1. The first-order valence-corrected chi connectivity index (χ1v) is 19.3. The van der Waals surface area contributed by atoms with E-state index in [0.29, 0.717) is 28.4 Å². The summed E-state index contributed by atoms with van der Waals surface area (Å²) in [6.07, 6.45) is -0.602. The van der Waals surface area contributed by atoms with Crippen LogP contribution in [-0.4, -0.2) is 44.1 Å². The predicted molar refractivity (Wildman–Crippen MR) is 191 cm³/mol. The van der Waals surface area contributed by atoms with E-state index in [9.17, 15) is 14.4 Å². The molecule has 0 atom stereocenters. The average Bonchev–Trinajstić information content (AvgIpc) is 2.98. The third kappa shape index (κ3) is 16.6. The number of ether oxygens (including phenoxy) is 2. The summed E-state index contributed by atoms with van der Waals surface area (Å²) in [5, 5.41) is 8.50. The molecule has 248 valence electrons. The molecule has 0 unspecified atom stereocenters. The predicted octanol–water partition coefficient (Wildman–Crippen LogP) is 7.84. The van der Waals surface area contributed by atoms with Crippen LogP contribution in [0.25, 0.3) is 0 Å². The number of halogens is 2. The number of rotatable bonds is 8. The molecule has 0 aromatic heterocycles. The summed E-state index contributed by atoms with van der Waals surface area (Å²) in [5.74, 6) is 0.0577. The van der Waals surface area contributed by atoms with Crippen LogP contribution in [0.1, 0.15) is 49.9 Å². The van der Waals surface area contributed by atoms with E-state index < -0.39 is 6.09 Å². The van der Waals surface area contributed by atoms with Gasteiger partial charge in [-0.05, 0) is 27.7 Å². The van der Waals surface area contributed by atoms with Crippen molar-refractivity contribution >= 4 is 66.6 Å². The molecule has 0 saturated heterocycles. The van der Waals surface area contributed by atoms with Crippen molar-refractivity contribution in [1.82, 2.24) is 10.2 Å². The van der Waals surface area contributed by atoms with Gasteiger partial charge in [-0.15, -0.1) is 11.1 Å². The standard InChI is InChI=1S/C17H23N2O2.C15H19N2O3.I2.2W/c1-11-8-9-16(12(2)10-11)18-15(5)19(6)14(4)13(3)17(20)21-7;1-9-6-7-13(10(2)8-9)17-14(18)11(3)12(4)16-15(19)20-5;1-2;;/h9-10,18H,5H2,1-4,6-7H3;7-8H,1-5H3,(H,16,19)(H,17,18);;;/q2*-1;;;/b14-13-;12-11-;;;. The van der Waals surface area contributed by atoms with Gasteiger partial charge in [-0.3, -0.25) is 10.1 Å². The summed E-state index contributed by atoms with van der Waals surface area (Å²) in [6.45, 7) is 18.8. The summed E-state index contributed by atoms with van der Waals surface area (Å²) in [6, 6.07) is 13.8. The molecule has 0 heterocycles. The third-order valence-electron chi connectivity index (χ3n) is 6.45. The number of nitrogens with zero attached hydrogens (tertiary/aromatic N) is 1. The zero-order valence-electron chi connectivity index (χ0n) is 27.6. The van der Waals surface area contributed by atoms with Crippen molar-refractivity contribution < 1.29 is 66.0 Å². The van der Waals surface area contributed by atoms with E-state index in [1.165, 1.54) is 14.2 Å². The molecule has 0 fully saturated rings. The first kappa shape index (κ1) is 47.7. The summed E-state index contributed by atoms with van der Waals surface area (Å²) in [7, 11) is 4.49. The molecule has 2 aromatic rings. The molecule has 0 aliphatic rings. The van der Waals surface area contributed by atoms with Crippen LogP contribution in [0.3, 0.4) is 0 Å². The number of hydrogen-bond acceptors (Lipinski definition) is 7. The van der Waals surface area contributed by atoms with Gasteiger partial charge in [0.25, 0.3) is 0 Å². The molecule has 0 bridgehead atoms. The van der Waals surface area contributed by atoms with Crippen LogP contribution in [0.4, 0.5) is 16.2 Å². The average molecular weight is 1180 g/mol. The number of alkyl carbamates (subject to hydrolysis) is 1. The second-order valence-corrected chi connectivity index (χ2v) is 9.58. The Kier molecular flexibility index (Phi) is 26.0. The van der Waals surface area contributed by atoms with Gasteiger partial charge in [0.15, 0.2) is 0 Å². The quantitative estimate of drug-likeness (QED) is 0.107. The smallest absolute Gasteiger partial charge is 0.411 e. The largest absolute Gasteiger partial charge is 0.466 e. The molecule has 0 radical (unpaired) electrons. The van der Waals surface area contributed by atoms with Crippen molar-refractivity contribution in [2.24, 2.45) is 0 Å². The van der Waals surface area contributed by atoms with Gasteiger partial charge in [0.2, 0.25) is 5.91 Å². The molecule has 0 aliphatic heterocycles. The zero-order chi connectivity index (χ0) is 33.4. The number of aryl methyl sites for hydroxylation is 4. The number of benzene rings is 2. The van der Waals surface area contributed by atoms with Crippen LogP contribution in [0.15, 0.2) is 59.2 Å². The van der Waals surface area contributed by atoms with Crippen LogP contribution in [0.2, 0.25) is 0 Å². The van der Waals surface area contributed by atoms with E-state index in [0.717, 1.165) is 33.6 Å². The number of anilines is 2. The second kappa shape index (κ2) is 24.5. The minimum absolute atomic E-state index is 0. The van der Waals surface area contributed by atoms with Crippen LogP contribution < -0.4 is 16.0 Å². The van der Waals surface area contributed by atoms with Gasteiger partial charge >= 0.3 is 12.1 Å². The first-order valence-electron chi connectivity index (χ1n) is 13.0. The summed E-state index contributed by atoms with van der Waals surface area (Å²) in [4.78, 5) is 36.6. The van der Waals surface area contributed by atoms with Crippen molar-refractivity contribution in [2.45, 2.75) is 55.4 Å². The Bertz CT molecular complexity index is 1380. The molecule has 13 heteroatoms. The van der Waals surface area contributed by atoms with Gasteiger partial charge in [0.1, 0.15) is 0 Å². The van der Waals surface area contributed by atoms with E-state index in [2.05, 4.69) is 82.7 Å². The minimum Gasteiger partial charge on any atom is -0.466 e. The van der Waals surface area contributed by atoms with Crippen molar-refractivity contribution in [3.63, 3.8) is 0 Å². The van der Waals surface area contributed by atoms with Gasteiger partial charge in [-0.1, -0.05) is 45.6 Å². The van der Waals surface area contributed by atoms with Gasteiger partial charge in [-0.25, -0.2) is 9.59 Å². The van der Waals surface area contributed by atoms with Crippen LogP contribution in [0.5, 0.6) is 0 Å². The molecule has 45 heavy (non-hydrogen) atoms. The van der Waals surface area contributed by atoms with Gasteiger partial charge < -0.3 is 25.0 Å². The van der Waals surface area contributed by atoms with E-state index in [1.54, 1.807) is 26.8 Å². The molecule has 3 N–H and O–H groups in total. The number of carbonyl (C=O) groups excluding carboxylic acids is 3. The van der Waals surface area contributed by atoms with Crippen molar-refractivity contribution in [3.05, 3.63) is 93.6 Å². The summed E-state index contributed by atoms with van der Waals surface area (Å²) in [5.41, 5.74) is 8.02. The van der Waals surface area contributed by atoms with Crippen molar-refractivity contribution in [2.75, 3.05) is 31.9 Å². The number of amides is 2. The van der Waals surface area contributed by atoms with Crippen LogP contribution >= 0.6 is 37.2 Å². The number of nitrogens with one attached hydrogen (secondary N) is 3. The van der Waals surface area contributed by atoms with Crippen LogP contribution in [-0.2, 0) is 61.2 Å². The molecule has 0 spiro atoms. The fourth-order valence-electron chi connectivity index (χ4n) is 3.44. The maximum absolute atomic E-state index is 12.1. The Morgan fingerprint density at radius 2 is 1.24 bits per heavy atom. The maximum atomic E-state index is 12.1. The van der Waals surface area contributed by atoms with Crippen molar-refractivity contribution in [1.29, 1.82) is 0 Å². The fourth-order valence-corrected chi connectivity index (χ4v) is 3.44. The molecular weight excluding hydrogens is 1140 g/mol. The number of allylic oxidation sites excluding steroid dienone is 2. The SMILES string of the molecule is C=C(Nc1c[c-]c(C)cc1C)N(C)/C(C)=C(/C)C(=O)OC.COC(=O)N/C(C)=C(/C)C(=O)Nc1c[c-]c(C)cc1C.II.[W].[W]. The van der Waals surface area contributed by atoms with Gasteiger partial charge in [0.05, 0.1) is 25.6 Å². The molecule has 2 rings (SSSR count). The van der Waals surface area contributed by atoms with E-state index >= 15 is 0 Å². The van der Waals surface area contributed by atoms with Gasteiger partial charge in [-0.2, -0.15) is 47.5 Å². The number of esters is 1. The Balaban J connectivity index is -0.000000713. The second-order valence-electron chi connectivity index (χ2n) is 9.58. The molecule has 0 aliphatic carbocycles. The third-order valence-corrected chi connectivity index (χ3v) is 6.45.